The summed E-state index contributed by atoms with van der Waals surface area (Å²) in [5.41, 5.74) is 1.83. The quantitative estimate of drug-likeness (QED) is 0.785. The molecule has 14 heavy (non-hydrogen) atoms. The van der Waals surface area contributed by atoms with Gasteiger partial charge >= 0.3 is 0 Å². The lowest BCUT2D eigenvalue weighted by atomic mass is 10.0. The first-order valence-electron chi connectivity index (χ1n) is 4.90. The molecule has 0 fully saturated rings. The van der Waals surface area contributed by atoms with Gasteiger partial charge in [-0.25, -0.2) is 0 Å². The zero-order valence-electron chi connectivity index (χ0n) is 8.90. The normalized spacial score (nSPS) is 15.8. The lowest BCUT2D eigenvalue weighted by Crippen LogP contribution is -2.38. The summed E-state index contributed by atoms with van der Waals surface area (Å²) < 4.78 is 0. The van der Waals surface area contributed by atoms with Gasteiger partial charge in [0.05, 0.1) is 12.1 Å². The minimum absolute atomic E-state index is 0.159. The van der Waals surface area contributed by atoms with E-state index in [4.69, 9.17) is 5.11 Å². The Morgan fingerprint density at radius 2 is 2.21 bits per heavy atom. The van der Waals surface area contributed by atoms with E-state index >= 15 is 0 Å². The van der Waals surface area contributed by atoms with Crippen LogP contribution in [-0.4, -0.2) is 22.7 Å². The highest BCUT2D eigenvalue weighted by atomic mass is 32.1. The molecule has 0 aliphatic carbocycles. The van der Waals surface area contributed by atoms with Crippen molar-refractivity contribution in [3.05, 3.63) is 16.6 Å². The molecule has 1 aromatic heterocycles. The highest BCUT2D eigenvalue weighted by Crippen LogP contribution is 2.18. The molecule has 0 amide bonds. The fourth-order valence-corrected chi connectivity index (χ4v) is 1.94. The van der Waals surface area contributed by atoms with E-state index in [0.717, 1.165) is 0 Å². The molecule has 0 spiro atoms. The summed E-state index contributed by atoms with van der Waals surface area (Å²) in [4.78, 5) is 5.25. The molecule has 1 aromatic rings. The molecule has 0 aromatic carbocycles. The average molecular weight is 214 g/mol. The van der Waals surface area contributed by atoms with Crippen LogP contribution in [0.15, 0.2) is 11.7 Å². The number of aliphatic hydroxyl groups excluding tert-OH is 1. The third-order valence-corrected chi connectivity index (χ3v) is 3.30. The number of hydrogen-bond acceptors (Lipinski definition) is 4. The SMILES string of the molecule is CC(N[C@H](CO)C(C)C)c1cncs1. The molecule has 1 unspecified atom stereocenters. The van der Waals surface area contributed by atoms with Crippen LogP contribution in [0.2, 0.25) is 0 Å². The Kier molecular flexibility index (Phi) is 4.51. The Morgan fingerprint density at radius 1 is 1.50 bits per heavy atom. The second kappa shape index (κ2) is 5.44. The first-order chi connectivity index (χ1) is 6.65. The maximum absolute atomic E-state index is 9.17. The van der Waals surface area contributed by atoms with E-state index in [-0.39, 0.29) is 18.7 Å². The lowest BCUT2D eigenvalue weighted by Gasteiger charge is -2.23. The van der Waals surface area contributed by atoms with Gasteiger partial charge in [0.1, 0.15) is 0 Å². The average Bonchev–Trinajstić information content (AvgIpc) is 2.65. The molecule has 1 heterocycles. The molecule has 3 nitrogen and oxygen atoms in total. The molecule has 4 heteroatoms. The predicted octanol–water partition coefficient (Wildman–Crippen LogP) is 1.81. The highest BCUT2D eigenvalue weighted by molar-refractivity contribution is 7.09. The number of thiazole rings is 1. The van der Waals surface area contributed by atoms with Crippen LogP contribution >= 0.6 is 11.3 Å². The van der Waals surface area contributed by atoms with Crippen LogP contribution < -0.4 is 5.32 Å². The molecule has 0 radical (unpaired) electrons. The van der Waals surface area contributed by atoms with Gasteiger partial charge in [-0.2, -0.15) is 0 Å². The van der Waals surface area contributed by atoms with Gasteiger partial charge in [-0.3, -0.25) is 4.98 Å². The van der Waals surface area contributed by atoms with E-state index in [1.165, 1.54) is 4.88 Å². The molecule has 1 rings (SSSR count). The molecule has 0 aliphatic rings. The topological polar surface area (TPSA) is 45.1 Å². The van der Waals surface area contributed by atoms with Crippen LogP contribution in [-0.2, 0) is 0 Å². The molecular formula is C10H18N2OS. The molecule has 80 valence electrons. The summed E-state index contributed by atoms with van der Waals surface area (Å²) >= 11 is 1.64. The Labute approximate surface area is 89.2 Å². The van der Waals surface area contributed by atoms with Crippen LogP contribution in [0.25, 0.3) is 0 Å². The fourth-order valence-electron chi connectivity index (χ4n) is 1.30. The third kappa shape index (κ3) is 3.04. The second-order valence-electron chi connectivity index (χ2n) is 3.83. The van der Waals surface area contributed by atoms with Crippen molar-refractivity contribution in [2.24, 2.45) is 5.92 Å². The van der Waals surface area contributed by atoms with Crippen molar-refractivity contribution in [2.45, 2.75) is 32.9 Å². The van der Waals surface area contributed by atoms with Gasteiger partial charge < -0.3 is 10.4 Å². The molecule has 0 bridgehead atoms. The molecule has 2 N–H and O–H groups in total. The van der Waals surface area contributed by atoms with Crippen LogP contribution in [0.3, 0.4) is 0 Å². The smallest absolute Gasteiger partial charge is 0.0794 e. The fraction of sp³-hybridized carbons (Fsp3) is 0.700. The van der Waals surface area contributed by atoms with E-state index in [9.17, 15) is 0 Å². The number of aliphatic hydroxyl groups is 1. The second-order valence-corrected chi connectivity index (χ2v) is 4.74. The molecular weight excluding hydrogens is 196 g/mol. The molecule has 2 atom stereocenters. The summed E-state index contributed by atoms with van der Waals surface area (Å²) in [7, 11) is 0. The monoisotopic (exact) mass is 214 g/mol. The van der Waals surface area contributed by atoms with E-state index in [1.807, 2.05) is 11.7 Å². The van der Waals surface area contributed by atoms with Crippen LogP contribution in [0.5, 0.6) is 0 Å². The van der Waals surface area contributed by atoms with Gasteiger partial charge in [-0.1, -0.05) is 13.8 Å². The maximum Gasteiger partial charge on any atom is 0.0794 e. The van der Waals surface area contributed by atoms with Crippen LogP contribution in [0.1, 0.15) is 31.7 Å². The summed E-state index contributed by atoms with van der Waals surface area (Å²) in [5, 5.41) is 12.6. The number of nitrogens with one attached hydrogen (secondary N) is 1. The zero-order chi connectivity index (χ0) is 10.6. The van der Waals surface area contributed by atoms with Crippen molar-refractivity contribution < 1.29 is 5.11 Å². The van der Waals surface area contributed by atoms with Gasteiger partial charge in [0, 0.05) is 23.2 Å². The summed E-state index contributed by atoms with van der Waals surface area (Å²) in [6.45, 7) is 6.49. The van der Waals surface area contributed by atoms with Gasteiger partial charge in [-0.05, 0) is 12.8 Å². The van der Waals surface area contributed by atoms with Crippen LogP contribution in [0, 0.1) is 5.92 Å². The largest absolute Gasteiger partial charge is 0.395 e. The first-order valence-corrected chi connectivity index (χ1v) is 5.78. The minimum Gasteiger partial charge on any atom is -0.395 e. The summed E-state index contributed by atoms with van der Waals surface area (Å²) in [6, 6.07) is 0.425. The van der Waals surface area contributed by atoms with E-state index in [0.29, 0.717) is 5.92 Å². The van der Waals surface area contributed by atoms with E-state index < -0.39 is 0 Å². The first kappa shape index (κ1) is 11.6. The van der Waals surface area contributed by atoms with Crippen molar-refractivity contribution in [2.75, 3.05) is 6.61 Å². The lowest BCUT2D eigenvalue weighted by molar-refractivity contribution is 0.202. The standard InChI is InChI=1S/C10H18N2OS/c1-7(2)9(5-13)12-8(3)10-4-11-6-14-10/h4,6-9,12-13H,5H2,1-3H3/t8?,9-/m1/s1. The Bertz CT molecular complexity index is 249. The minimum atomic E-state index is 0.159. The Hall–Kier alpha value is -0.450. The molecule has 0 saturated heterocycles. The summed E-state index contributed by atoms with van der Waals surface area (Å²) in [6.07, 6.45) is 1.87. The summed E-state index contributed by atoms with van der Waals surface area (Å²) in [5.74, 6) is 0.440. The van der Waals surface area contributed by atoms with E-state index in [2.05, 4.69) is 31.1 Å². The van der Waals surface area contributed by atoms with Gasteiger partial charge in [0.2, 0.25) is 0 Å². The number of hydrogen-bond donors (Lipinski definition) is 2. The molecule has 0 saturated carbocycles. The van der Waals surface area contributed by atoms with Gasteiger partial charge in [-0.15, -0.1) is 11.3 Å². The van der Waals surface area contributed by atoms with Crippen molar-refractivity contribution in [1.82, 2.24) is 10.3 Å². The zero-order valence-corrected chi connectivity index (χ0v) is 9.71. The Balaban J connectivity index is 2.51. The maximum atomic E-state index is 9.17. The van der Waals surface area contributed by atoms with Crippen molar-refractivity contribution >= 4 is 11.3 Å². The Morgan fingerprint density at radius 3 is 2.64 bits per heavy atom. The van der Waals surface area contributed by atoms with Gasteiger partial charge in [0.25, 0.3) is 0 Å². The highest BCUT2D eigenvalue weighted by Gasteiger charge is 2.16. The van der Waals surface area contributed by atoms with Crippen molar-refractivity contribution in [3.63, 3.8) is 0 Å². The van der Waals surface area contributed by atoms with Crippen molar-refractivity contribution in [1.29, 1.82) is 0 Å². The van der Waals surface area contributed by atoms with E-state index in [1.54, 1.807) is 11.3 Å². The number of aromatic nitrogens is 1. The van der Waals surface area contributed by atoms with Gasteiger partial charge in [0.15, 0.2) is 0 Å². The third-order valence-electron chi connectivity index (χ3n) is 2.34. The number of nitrogens with zero attached hydrogens (tertiary/aromatic N) is 1. The molecule has 0 aliphatic heterocycles. The van der Waals surface area contributed by atoms with Crippen molar-refractivity contribution in [3.8, 4) is 0 Å². The number of rotatable bonds is 5. The predicted molar refractivity (Wildman–Crippen MR) is 59.4 cm³/mol. The van der Waals surface area contributed by atoms with Crippen LogP contribution in [0.4, 0.5) is 0 Å².